The van der Waals surface area contributed by atoms with E-state index in [9.17, 15) is 14.7 Å². The van der Waals surface area contributed by atoms with Crippen molar-refractivity contribution in [2.45, 2.75) is 143 Å². The number of aliphatic hydroxyl groups excluding tert-OH is 1. The Hall–Kier alpha value is -0.601. The SMILES string of the molecule is CCC[CH2][Sn]([CH2]CCC)([CH2]CCC)[c]1cc(N(CC2(C=O)CCC(C)CC2)C2CCC(O)CC2)c(C(=O)OC)s1. The molecule has 40 heavy (non-hydrogen) atoms. The number of hydrogen-bond donors (Lipinski definition) is 1. The van der Waals surface area contributed by atoms with Crippen molar-refractivity contribution in [3.8, 4) is 0 Å². The molecule has 1 N–H and O–H groups in total. The number of rotatable bonds is 16. The van der Waals surface area contributed by atoms with Gasteiger partial charge in [0.15, 0.2) is 0 Å². The van der Waals surface area contributed by atoms with E-state index in [1.165, 1.54) is 65.2 Å². The Morgan fingerprint density at radius 1 is 1.02 bits per heavy atom. The number of aliphatic hydroxyl groups is 1. The van der Waals surface area contributed by atoms with Crippen molar-refractivity contribution in [3.63, 3.8) is 0 Å². The summed E-state index contributed by atoms with van der Waals surface area (Å²) in [6, 6.07) is 2.67. The van der Waals surface area contributed by atoms with Crippen LogP contribution in [-0.4, -0.2) is 61.5 Å². The minimum atomic E-state index is -2.80. The van der Waals surface area contributed by atoms with Crippen molar-refractivity contribution in [1.82, 2.24) is 0 Å². The van der Waals surface area contributed by atoms with Gasteiger partial charge in [-0.1, -0.05) is 0 Å². The third-order valence-electron chi connectivity index (χ3n) is 10.1. The van der Waals surface area contributed by atoms with Gasteiger partial charge in [0.05, 0.1) is 0 Å². The average molecular weight is 683 g/mol. The van der Waals surface area contributed by atoms with E-state index in [-0.39, 0.29) is 23.5 Å². The second-order valence-electron chi connectivity index (χ2n) is 13.2. The van der Waals surface area contributed by atoms with Crippen molar-refractivity contribution in [2.75, 3.05) is 18.6 Å². The van der Waals surface area contributed by atoms with E-state index in [1.807, 2.05) is 0 Å². The fourth-order valence-electron chi connectivity index (χ4n) is 7.16. The normalized spacial score (nSPS) is 25.5. The molecule has 2 aliphatic carbocycles. The Bertz CT molecular complexity index is 896. The molecule has 1 aromatic heterocycles. The summed E-state index contributed by atoms with van der Waals surface area (Å²) in [7, 11) is 1.50. The first kappa shape index (κ1) is 33.9. The number of unbranched alkanes of at least 4 members (excludes halogenated alkanes) is 3. The second-order valence-corrected chi connectivity index (χ2v) is 28.4. The average Bonchev–Trinajstić information content (AvgIpc) is 3.43. The van der Waals surface area contributed by atoms with E-state index in [0.29, 0.717) is 12.5 Å². The predicted octanol–water partition coefficient (Wildman–Crippen LogP) is 8.10. The monoisotopic (exact) mass is 683 g/mol. The van der Waals surface area contributed by atoms with Gasteiger partial charge in [-0.25, -0.2) is 0 Å². The Balaban J connectivity index is 2.13. The summed E-state index contributed by atoms with van der Waals surface area (Å²) in [5.74, 6) is 0.432. The van der Waals surface area contributed by atoms with Gasteiger partial charge < -0.3 is 0 Å². The molecule has 1 heterocycles. The fraction of sp³-hybridized carbons (Fsp3) is 0.818. The zero-order chi connectivity index (χ0) is 29.2. The van der Waals surface area contributed by atoms with Crippen LogP contribution in [0.25, 0.3) is 0 Å². The van der Waals surface area contributed by atoms with E-state index >= 15 is 0 Å². The third-order valence-corrected chi connectivity index (χ3v) is 29.4. The van der Waals surface area contributed by atoms with Crippen molar-refractivity contribution < 1.29 is 19.4 Å². The molecule has 0 atom stereocenters. The molecule has 0 aliphatic heterocycles. The van der Waals surface area contributed by atoms with Gasteiger partial charge in [0, 0.05) is 0 Å². The van der Waals surface area contributed by atoms with Gasteiger partial charge in [0.1, 0.15) is 0 Å². The molecule has 228 valence electrons. The summed E-state index contributed by atoms with van der Waals surface area (Å²) >= 11 is -1.04. The molecule has 0 bridgehead atoms. The Morgan fingerprint density at radius 3 is 2.05 bits per heavy atom. The second kappa shape index (κ2) is 16.3. The van der Waals surface area contributed by atoms with E-state index in [4.69, 9.17) is 4.74 Å². The molecule has 0 radical (unpaired) electrons. The van der Waals surface area contributed by atoms with E-state index in [1.54, 1.807) is 14.2 Å². The van der Waals surface area contributed by atoms with Crippen LogP contribution in [0, 0.1) is 11.3 Å². The maximum atomic E-state index is 13.4. The Labute approximate surface area is 252 Å². The van der Waals surface area contributed by atoms with Crippen LogP contribution in [-0.2, 0) is 9.53 Å². The van der Waals surface area contributed by atoms with Crippen LogP contribution in [0.15, 0.2) is 6.07 Å². The number of carbonyl (C=O) groups excluding carboxylic acids is 2. The Kier molecular flexibility index (Phi) is 13.8. The molecule has 1 aromatic rings. The number of carbonyl (C=O) groups is 2. The van der Waals surface area contributed by atoms with Crippen LogP contribution in [0.4, 0.5) is 5.69 Å². The fourth-order valence-corrected chi connectivity index (χ4v) is 27.3. The van der Waals surface area contributed by atoms with Crippen LogP contribution >= 0.6 is 11.3 Å². The number of aldehydes is 1. The molecular weight excluding hydrogens is 625 g/mol. The molecule has 2 fully saturated rings. The summed E-state index contributed by atoms with van der Waals surface area (Å²) in [6.45, 7) is 9.88. The first-order valence-corrected chi connectivity index (χ1v) is 24.7. The van der Waals surface area contributed by atoms with Crippen molar-refractivity contribution >= 4 is 50.5 Å². The molecule has 0 spiro atoms. The Morgan fingerprint density at radius 2 is 1.57 bits per heavy atom. The number of thiophene rings is 1. The molecule has 0 amide bonds. The molecule has 5 nitrogen and oxygen atoms in total. The molecule has 0 aromatic carbocycles. The van der Waals surface area contributed by atoms with Crippen molar-refractivity contribution in [1.29, 1.82) is 0 Å². The zero-order valence-electron chi connectivity index (χ0n) is 26.1. The number of esters is 1. The topological polar surface area (TPSA) is 66.8 Å². The van der Waals surface area contributed by atoms with Crippen LogP contribution in [0.1, 0.15) is 127 Å². The third kappa shape index (κ3) is 8.49. The van der Waals surface area contributed by atoms with Crippen LogP contribution < -0.4 is 7.79 Å². The predicted molar refractivity (Wildman–Crippen MR) is 172 cm³/mol. The van der Waals surface area contributed by atoms with Crippen LogP contribution in [0.5, 0.6) is 0 Å². The van der Waals surface area contributed by atoms with Gasteiger partial charge in [-0.15, -0.1) is 0 Å². The van der Waals surface area contributed by atoms with Gasteiger partial charge in [0.2, 0.25) is 0 Å². The van der Waals surface area contributed by atoms with Crippen LogP contribution in [0.2, 0.25) is 13.3 Å². The first-order chi connectivity index (χ1) is 19.3. The van der Waals surface area contributed by atoms with Gasteiger partial charge >= 0.3 is 254 Å². The number of nitrogens with zero attached hydrogens (tertiary/aromatic N) is 1. The van der Waals surface area contributed by atoms with E-state index < -0.39 is 18.4 Å². The summed E-state index contributed by atoms with van der Waals surface area (Å²) in [6.07, 6.45) is 15.8. The summed E-state index contributed by atoms with van der Waals surface area (Å²) in [5.41, 5.74) is 0.657. The number of ether oxygens (including phenoxy) is 1. The summed E-state index contributed by atoms with van der Waals surface area (Å²) in [4.78, 5) is 29.4. The zero-order valence-corrected chi connectivity index (χ0v) is 29.8. The van der Waals surface area contributed by atoms with Crippen molar-refractivity contribution in [3.05, 3.63) is 10.9 Å². The van der Waals surface area contributed by atoms with Crippen molar-refractivity contribution in [2.24, 2.45) is 11.3 Å². The van der Waals surface area contributed by atoms with Gasteiger partial charge in [-0.3, -0.25) is 0 Å². The summed E-state index contributed by atoms with van der Waals surface area (Å²) in [5, 5.41) is 10.3. The van der Waals surface area contributed by atoms with E-state index in [0.717, 1.165) is 61.9 Å². The van der Waals surface area contributed by atoms with E-state index in [2.05, 4.69) is 38.7 Å². The maximum absolute atomic E-state index is 13.4. The molecule has 2 aliphatic rings. The quantitative estimate of drug-likeness (QED) is 0.109. The number of hydrogen-bond acceptors (Lipinski definition) is 6. The molecule has 3 rings (SSSR count). The number of methoxy groups -OCH3 is 1. The minimum absolute atomic E-state index is 0.230. The molecule has 0 saturated heterocycles. The summed E-state index contributed by atoms with van der Waals surface area (Å²) < 4.78 is 11.0. The van der Waals surface area contributed by atoms with Gasteiger partial charge in [-0.2, -0.15) is 0 Å². The first-order valence-electron chi connectivity index (χ1n) is 16.4. The molecule has 0 unspecified atom stereocenters. The standard InChI is InChI=1S/C21H30NO4S.3C4H9.Sn/c1-15-7-10-21(14-23,11-8-15)13-22(16-3-5-17(24)6-4-16)18-9-12-27-19(18)20(25)26-2;3*1-3-4-2;/h9,14-17,24H,3-8,10-11,13H2,1-2H3;3*1,3-4H2,2H3;. The van der Waals surface area contributed by atoms with Crippen LogP contribution in [0.3, 0.4) is 0 Å². The molecular formula is C33H57NO4SSn. The molecule has 7 heteroatoms. The number of anilines is 1. The van der Waals surface area contributed by atoms with Gasteiger partial charge in [0.25, 0.3) is 0 Å². The molecule has 2 saturated carbocycles. The van der Waals surface area contributed by atoms with Gasteiger partial charge in [-0.05, 0) is 0 Å².